The van der Waals surface area contributed by atoms with Crippen LogP contribution < -0.4 is 0 Å². The number of carbonyl (C=O) groups excluding carboxylic acids is 1. The fraction of sp³-hybridized carbons (Fsp3) is 0.833. The molecule has 0 bridgehead atoms. The summed E-state index contributed by atoms with van der Waals surface area (Å²) in [6.45, 7) is 6.15. The van der Waals surface area contributed by atoms with E-state index in [0.29, 0.717) is 6.42 Å². The summed E-state index contributed by atoms with van der Waals surface area (Å²) < 4.78 is 5.39. The van der Waals surface area contributed by atoms with Crippen LogP contribution in [0.15, 0.2) is 12.7 Å². The van der Waals surface area contributed by atoms with E-state index >= 15 is 0 Å². The van der Waals surface area contributed by atoms with Gasteiger partial charge < -0.3 is 14.9 Å². The summed E-state index contributed by atoms with van der Waals surface area (Å²) in [5.74, 6) is -0.427. The van der Waals surface area contributed by atoms with Crippen molar-refractivity contribution in [2.75, 3.05) is 6.61 Å². The maximum atomic E-state index is 12.8. The number of esters is 1. The molecule has 6 atom stereocenters. The molecule has 2 saturated carbocycles. The molecule has 3 fully saturated rings. The van der Waals surface area contributed by atoms with Crippen LogP contribution in [0.4, 0.5) is 0 Å². The minimum atomic E-state index is -0.923. The monoisotopic (exact) mass is 308 g/mol. The molecule has 3 aliphatic rings. The van der Waals surface area contributed by atoms with Crippen molar-refractivity contribution in [2.45, 2.75) is 64.1 Å². The third kappa shape index (κ3) is 2.00. The van der Waals surface area contributed by atoms with Gasteiger partial charge in [-0.2, -0.15) is 0 Å². The summed E-state index contributed by atoms with van der Waals surface area (Å²) in [7, 11) is 0. The molecule has 2 N–H and O–H groups in total. The van der Waals surface area contributed by atoms with Crippen molar-refractivity contribution in [3.05, 3.63) is 12.7 Å². The fourth-order valence-corrected chi connectivity index (χ4v) is 5.74. The first-order valence-corrected chi connectivity index (χ1v) is 8.63. The standard InChI is InChI=1S/C18H28O4/c1-3-4-8-17-9-5-12(2)18(15(17)13(19)6-10-17)14(20)7-11-22-16(18)21/h3,12-15,19-20H,1,4-11H2,2H3/t12?,13-,14+,15?,17?,18?/m0/s1. The molecule has 0 radical (unpaired) electrons. The molecule has 4 heteroatoms. The molecule has 1 heterocycles. The van der Waals surface area contributed by atoms with E-state index in [9.17, 15) is 15.0 Å². The van der Waals surface area contributed by atoms with Gasteiger partial charge in [-0.3, -0.25) is 4.79 Å². The molecule has 3 rings (SSSR count). The Morgan fingerprint density at radius 3 is 2.73 bits per heavy atom. The SMILES string of the molecule is C=CCCC12CCC(C)C3(C(=O)OCC[C@H]3O)C1[C@@H](O)CC2. The van der Waals surface area contributed by atoms with E-state index in [1.807, 2.05) is 13.0 Å². The van der Waals surface area contributed by atoms with Crippen molar-refractivity contribution >= 4 is 5.97 Å². The van der Waals surface area contributed by atoms with Crippen LogP contribution >= 0.6 is 0 Å². The topological polar surface area (TPSA) is 66.8 Å². The molecule has 0 amide bonds. The van der Waals surface area contributed by atoms with Gasteiger partial charge in [0.15, 0.2) is 0 Å². The number of aliphatic hydroxyl groups is 2. The van der Waals surface area contributed by atoms with E-state index in [-0.39, 0.29) is 29.8 Å². The summed E-state index contributed by atoms with van der Waals surface area (Å²) in [4.78, 5) is 12.8. The van der Waals surface area contributed by atoms with Crippen LogP contribution in [0.5, 0.6) is 0 Å². The molecule has 0 aromatic carbocycles. The van der Waals surface area contributed by atoms with Crippen LogP contribution in [-0.4, -0.2) is 35.0 Å². The zero-order valence-corrected chi connectivity index (χ0v) is 13.5. The molecule has 1 spiro atoms. The molecule has 2 aliphatic carbocycles. The number of hydrogen-bond donors (Lipinski definition) is 2. The lowest BCUT2D eigenvalue weighted by Crippen LogP contribution is -2.63. The van der Waals surface area contributed by atoms with Gasteiger partial charge in [0.2, 0.25) is 0 Å². The maximum Gasteiger partial charge on any atom is 0.315 e. The quantitative estimate of drug-likeness (QED) is 0.621. The Bertz CT molecular complexity index is 456. The molecule has 124 valence electrons. The smallest absolute Gasteiger partial charge is 0.315 e. The third-order valence-electron chi connectivity index (χ3n) is 6.76. The largest absolute Gasteiger partial charge is 0.465 e. The number of cyclic esters (lactones) is 1. The van der Waals surface area contributed by atoms with Crippen molar-refractivity contribution in [3.63, 3.8) is 0 Å². The van der Waals surface area contributed by atoms with Crippen molar-refractivity contribution in [2.24, 2.45) is 22.7 Å². The predicted molar refractivity (Wildman–Crippen MR) is 83.0 cm³/mol. The third-order valence-corrected chi connectivity index (χ3v) is 6.76. The Hall–Kier alpha value is -0.870. The highest BCUT2D eigenvalue weighted by atomic mass is 16.5. The molecule has 0 aromatic heterocycles. The predicted octanol–water partition coefficient (Wildman–Crippen LogP) is 2.43. The first-order chi connectivity index (χ1) is 10.5. The van der Waals surface area contributed by atoms with Gasteiger partial charge in [-0.25, -0.2) is 0 Å². The van der Waals surface area contributed by atoms with Crippen molar-refractivity contribution in [3.8, 4) is 0 Å². The minimum Gasteiger partial charge on any atom is -0.465 e. The number of aliphatic hydroxyl groups excluding tert-OH is 2. The highest BCUT2D eigenvalue weighted by molar-refractivity contribution is 5.80. The van der Waals surface area contributed by atoms with Crippen LogP contribution in [0, 0.1) is 22.7 Å². The van der Waals surface area contributed by atoms with Gasteiger partial charge in [0.25, 0.3) is 0 Å². The summed E-state index contributed by atoms with van der Waals surface area (Å²) >= 11 is 0. The first kappa shape index (κ1) is 16.0. The lowest BCUT2D eigenvalue weighted by Gasteiger charge is -2.57. The fourth-order valence-electron chi connectivity index (χ4n) is 5.74. The Labute approximate surface area is 132 Å². The Morgan fingerprint density at radius 2 is 2.05 bits per heavy atom. The van der Waals surface area contributed by atoms with E-state index in [2.05, 4.69) is 6.58 Å². The molecule has 1 aliphatic heterocycles. The number of fused-ring (bicyclic) bond motifs is 2. The van der Waals surface area contributed by atoms with Crippen LogP contribution in [-0.2, 0) is 9.53 Å². The average molecular weight is 308 g/mol. The van der Waals surface area contributed by atoms with Gasteiger partial charge in [-0.05, 0) is 49.9 Å². The second-order valence-corrected chi connectivity index (χ2v) is 7.59. The Balaban J connectivity index is 2.07. The van der Waals surface area contributed by atoms with Gasteiger partial charge in [0, 0.05) is 12.3 Å². The zero-order valence-electron chi connectivity index (χ0n) is 13.5. The average Bonchev–Trinajstić information content (AvgIpc) is 2.83. The Kier molecular flexibility index (Phi) is 4.11. The number of carbonyl (C=O) groups is 1. The van der Waals surface area contributed by atoms with Gasteiger partial charge >= 0.3 is 5.97 Å². The van der Waals surface area contributed by atoms with E-state index in [1.54, 1.807) is 0 Å². The van der Waals surface area contributed by atoms with Crippen LogP contribution in [0.25, 0.3) is 0 Å². The molecular formula is C18H28O4. The second kappa shape index (κ2) is 5.64. The molecule has 0 aromatic rings. The second-order valence-electron chi connectivity index (χ2n) is 7.59. The van der Waals surface area contributed by atoms with E-state index in [4.69, 9.17) is 4.74 Å². The van der Waals surface area contributed by atoms with E-state index in [1.165, 1.54) is 0 Å². The minimum absolute atomic E-state index is 0.0462. The van der Waals surface area contributed by atoms with Gasteiger partial charge in [0.1, 0.15) is 5.41 Å². The highest BCUT2D eigenvalue weighted by Gasteiger charge is 2.68. The Morgan fingerprint density at radius 1 is 1.32 bits per heavy atom. The first-order valence-electron chi connectivity index (χ1n) is 8.63. The van der Waals surface area contributed by atoms with E-state index < -0.39 is 17.6 Å². The summed E-state index contributed by atoms with van der Waals surface area (Å²) in [5.41, 5.74) is -0.981. The van der Waals surface area contributed by atoms with Crippen LogP contribution in [0.2, 0.25) is 0 Å². The molecular weight excluding hydrogens is 280 g/mol. The summed E-state index contributed by atoms with van der Waals surface area (Å²) in [5, 5.41) is 21.5. The molecule has 1 saturated heterocycles. The van der Waals surface area contributed by atoms with Gasteiger partial charge in [-0.1, -0.05) is 13.0 Å². The molecule has 4 unspecified atom stereocenters. The molecule has 4 nitrogen and oxygen atoms in total. The van der Waals surface area contributed by atoms with Gasteiger partial charge in [0.05, 0.1) is 18.8 Å². The summed E-state index contributed by atoms with van der Waals surface area (Å²) in [6, 6.07) is 0. The lowest BCUT2D eigenvalue weighted by molar-refractivity contribution is -0.216. The van der Waals surface area contributed by atoms with Crippen molar-refractivity contribution in [1.82, 2.24) is 0 Å². The van der Waals surface area contributed by atoms with E-state index in [0.717, 1.165) is 38.5 Å². The maximum absolute atomic E-state index is 12.8. The number of hydrogen-bond acceptors (Lipinski definition) is 4. The summed E-state index contributed by atoms with van der Waals surface area (Å²) in [6.07, 6.45) is 6.58. The zero-order chi connectivity index (χ0) is 16.0. The highest BCUT2D eigenvalue weighted by Crippen LogP contribution is 2.65. The number of ether oxygens (including phenoxy) is 1. The number of allylic oxidation sites excluding steroid dienone is 1. The van der Waals surface area contributed by atoms with Crippen LogP contribution in [0.1, 0.15) is 51.9 Å². The van der Waals surface area contributed by atoms with Crippen LogP contribution in [0.3, 0.4) is 0 Å². The number of rotatable bonds is 3. The van der Waals surface area contributed by atoms with Crippen molar-refractivity contribution in [1.29, 1.82) is 0 Å². The normalized spacial score (nSPS) is 48.0. The van der Waals surface area contributed by atoms with Gasteiger partial charge in [-0.15, -0.1) is 6.58 Å². The van der Waals surface area contributed by atoms with Crippen molar-refractivity contribution < 1.29 is 19.7 Å². The molecule has 22 heavy (non-hydrogen) atoms. The lowest BCUT2D eigenvalue weighted by atomic mass is 9.48.